The molecular formula is C11H23N. The maximum atomic E-state index is 2.62. The molecule has 0 saturated carbocycles. The van der Waals surface area contributed by atoms with E-state index in [9.17, 15) is 0 Å². The highest BCUT2D eigenvalue weighted by Gasteiger charge is 2.28. The number of likely N-dealkylation sites (tertiary alicyclic amines) is 1. The summed E-state index contributed by atoms with van der Waals surface area (Å²) in [6, 6.07) is 0. The molecule has 1 heteroatoms. The van der Waals surface area contributed by atoms with Crippen LogP contribution in [0.4, 0.5) is 0 Å². The van der Waals surface area contributed by atoms with Crippen molar-refractivity contribution in [2.24, 2.45) is 11.8 Å². The minimum Gasteiger partial charge on any atom is -0.298 e. The van der Waals surface area contributed by atoms with Gasteiger partial charge in [-0.2, -0.15) is 0 Å². The van der Waals surface area contributed by atoms with Crippen LogP contribution in [0.15, 0.2) is 0 Å². The highest BCUT2D eigenvalue weighted by atomic mass is 15.2. The van der Waals surface area contributed by atoms with E-state index in [4.69, 9.17) is 0 Å². The van der Waals surface area contributed by atoms with Crippen LogP contribution in [0.1, 0.15) is 41.0 Å². The second-order valence-corrected chi connectivity index (χ2v) is 5.52. The Balaban J connectivity index is 2.55. The molecule has 1 fully saturated rings. The van der Waals surface area contributed by atoms with E-state index < -0.39 is 0 Å². The molecule has 72 valence electrons. The second kappa shape index (κ2) is 3.37. The largest absolute Gasteiger partial charge is 0.298 e. The van der Waals surface area contributed by atoms with Crippen LogP contribution in [-0.4, -0.2) is 23.5 Å². The second-order valence-electron chi connectivity index (χ2n) is 5.52. The summed E-state index contributed by atoms with van der Waals surface area (Å²) in [6.45, 7) is 14.3. The van der Waals surface area contributed by atoms with Crippen molar-refractivity contribution in [3.05, 3.63) is 0 Å². The third-order valence-corrected chi connectivity index (χ3v) is 2.82. The minimum absolute atomic E-state index is 0.364. The van der Waals surface area contributed by atoms with E-state index in [1.807, 2.05) is 0 Å². The van der Waals surface area contributed by atoms with Crippen molar-refractivity contribution in [2.75, 3.05) is 13.1 Å². The summed E-state index contributed by atoms with van der Waals surface area (Å²) in [5, 5.41) is 0. The summed E-state index contributed by atoms with van der Waals surface area (Å²) in [4.78, 5) is 2.62. The first-order valence-corrected chi connectivity index (χ1v) is 5.14. The first-order chi connectivity index (χ1) is 5.39. The van der Waals surface area contributed by atoms with E-state index in [2.05, 4.69) is 39.5 Å². The predicted molar refractivity (Wildman–Crippen MR) is 54.3 cm³/mol. The lowest BCUT2D eigenvalue weighted by molar-refractivity contribution is 0.0570. The van der Waals surface area contributed by atoms with Gasteiger partial charge in [0.25, 0.3) is 0 Å². The van der Waals surface area contributed by atoms with Crippen LogP contribution in [0, 0.1) is 11.8 Å². The number of rotatable bonds is 0. The van der Waals surface area contributed by atoms with E-state index >= 15 is 0 Å². The fraction of sp³-hybridized carbons (Fsp3) is 1.00. The molecule has 0 bridgehead atoms. The lowest BCUT2D eigenvalue weighted by Gasteiger charge is -2.43. The Kier molecular flexibility index (Phi) is 2.82. The van der Waals surface area contributed by atoms with Gasteiger partial charge >= 0.3 is 0 Å². The molecule has 0 N–H and O–H groups in total. The maximum Gasteiger partial charge on any atom is 0.0125 e. The summed E-state index contributed by atoms with van der Waals surface area (Å²) in [5.41, 5.74) is 0.364. The van der Waals surface area contributed by atoms with Gasteiger partial charge in [-0.3, -0.25) is 4.90 Å². The lowest BCUT2D eigenvalue weighted by Crippen LogP contribution is -2.49. The quantitative estimate of drug-likeness (QED) is 0.539. The molecule has 0 aromatic rings. The number of hydrogen-bond acceptors (Lipinski definition) is 1. The summed E-state index contributed by atoms with van der Waals surface area (Å²) in [7, 11) is 0. The molecule has 2 unspecified atom stereocenters. The van der Waals surface area contributed by atoms with Crippen molar-refractivity contribution in [1.29, 1.82) is 0 Å². The smallest absolute Gasteiger partial charge is 0.0125 e. The van der Waals surface area contributed by atoms with Crippen molar-refractivity contribution < 1.29 is 0 Å². The highest BCUT2D eigenvalue weighted by Crippen LogP contribution is 2.26. The standard InChI is InChI=1S/C11H23N/c1-9-6-10(2)8-12(7-9)11(3,4)5/h9-10H,6-8H2,1-5H3. The number of nitrogens with zero attached hydrogens (tertiary/aromatic N) is 1. The van der Waals surface area contributed by atoms with Crippen molar-refractivity contribution in [3.63, 3.8) is 0 Å². The topological polar surface area (TPSA) is 3.24 Å². The van der Waals surface area contributed by atoms with Crippen LogP contribution in [-0.2, 0) is 0 Å². The van der Waals surface area contributed by atoms with Crippen LogP contribution < -0.4 is 0 Å². The average Bonchev–Trinajstić information content (AvgIpc) is 1.82. The fourth-order valence-corrected chi connectivity index (χ4v) is 2.21. The molecular weight excluding hydrogens is 146 g/mol. The third kappa shape index (κ3) is 2.48. The molecule has 0 aromatic carbocycles. The summed E-state index contributed by atoms with van der Waals surface area (Å²) < 4.78 is 0. The lowest BCUT2D eigenvalue weighted by atomic mass is 9.88. The molecule has 1 heterocycles. The molecule has 1 rings (SSSR count). The first kappa shape index (κ1) is 10.0. The van der Waals surface area contributed by atoms with E-state index in [0.29, 0.717) is 5.54 Å². The van der Waals surface area contributed by atoms with Crippen molar-refractivity contribution in [2.45, 2.75) is 46.6 Å². The van der Waals surface area contributed by atoms with Gasteiger partial charge in [0.2, 0.25) is 0 Å². The maximum absolute atomic E-state index is 2.62. The predicted octanol–water partition coefficient (Wildman–Crippen LogP) is 2.76. The van der Waals surface area contributed by atoms with Gasteiger partial charge in [0.1, 0.15) is 0 Å². The van der Waals surface area contributed by atoms with Crippen molar-refractivity contribution in [1.82, 2.24) is 4.90 Å². The minimum atomic E-state index is 0.364. The third-order valence-electron chi connectivity index (χ3n) is 2.82. The number of piperidine rings is 1. The monoisotopic (exact) mass is 169 g/mol. The van der Waals surface area contributed by atoms with E-state index in [1.165, 1.54) is 19.5 Å². The summed E-state index contributed by atoms with van der Waals surface area (Å²) in [5.74, 6) is 1.76. The van der Waals surface area contributed by atoms with Gasteiger partial charge in [-0.05, 0) is 39.0 Å². The Morgan fingerprint density at radius 3 is 1.75 bits per heavy atom. The van der Waals surface area contributed by atoms with Crippen LogP contribution in [0.3, 0.4) is 0 Å². The Hall–Kier alpha value is -0.0400. The van der Waals surface area contributed by atoms with E-state index in [-0.39, 0.29) is 0 Å². The Bertz CT molecular complexity index is 136. The molecule has 0 amide bonds. The van der Waals surface area contributed by atoms with Gasteiger partial charge in [-0.1, -0.05) is 13.8 Å². The molecule has 2 atom stereocenters. The zero-order chi connectivity index (χ0) is 9.35. The van der Waals surface area contributed by atoms with Gasteiger partial charge < -0.3 is 0 Å². The van der Waals surface area contributed by atoms with Crippen molar-refractivity contribution >= 4 is 0 Å². The van der Waals surface area contributed by atoms with Crippen molar-refractivity contribution in [3.8, 4) is 0 Å². The van der Waals surface area contributed by atoms with E-state index in [1.54, 1.807) is 0 Å². The first-order valence-electron chi connectivity index (χ1n) is 5.14. The fourth-order valence-electron chi connectivity index (χ4n) is 2.21. The summed E-state index contributed by atoms with van der Waals surface area (Å²) in [6.07, 6.45) is 1.41. The molecule has 1 aliphatic rings. The summed E-state index contributed by atoms with van der Waals surface area (Å²) >= 11 is 0. The molecule has 0 spiro atoms. The van der Waals surface area contributed by atoms with Crippen LogP contribution >= 0.6 is 0 Å². The van der Waals surface area contributed by atoms with Crippen LogP contribution in [0.25, 0.3) is 0 Å². The van der Waals surface area contributed by atoms with Gasteiger partial charge in [0.15, 0.2) is 0 Å². The average molecular weight is 169 g/mol. The zero-order valence-corrected chi connectivity index (χ0v) is 9.22. The van der Waals surface area contributed by atoms with Gasteiger partial charge in [0.05, 0.1) is 0 Å². The highest BCUT2D eigenvalue weighted by molar-refractivity contribution is 4.83. The SMILES string of the molecule is CC1CC(C)CN(C(C)(C)C)C1. The Labute approximate surface area is 77.1 Å². The molecule has 12 heavy (non-hydrogen) atoms. The number of hydrogen-bond donors (Lipinski definition) is 0. The normalized spacial score (nSPS) is 33.8. The molecule has 0 radical (unpaired) electrons. The molecule has 0 aliphatic carbocycles. The molecule has 1 aliphatic heterocycles. The molecule has 0 aromatic heterocycles. The van der Waals surface area contributed by atoms with Gasteiger partial charge in [-0.25, -0.2) is 0 Å². The van der Waals surface area contributed by atoms with Gasteiger partial charge in [-0.15, -0.1) is 0 Å². The zero-order valence-electron chi connectivity index (χ0n) is 9.22. The van der Waals surface area contributed by atoms with E-state index in [0.717, 1.165) is 11.8 Å². The Morgan fingerprint density at radius 2 is 1.42 bits per heavy atom. The van der Waals surface area contributed by atoms with Crippen LogP contribution in [0.5, 0.6) is 0 Å². The molecule has 1 saturated heterocycles. The Morgan fingerprint density at radius 1 is 1.00 bits per heavy atom. The van der Waals surface area contributed by atoms with Crippen LogP contribution in [0.2, 0.25) is 0 Å². The van der Waals surface area contributed by atoms with Gasteiger partial charge in [0, 0.05) is 18.6 Å². The molecule has 1 nitrogen and oxygen atoms in total.